The van der Waals surface area contributed by atoms with Crippen molar-refractivity contribution in [3.8, 4) is 34.1 Å². The monoisotopic (exact) mass is 579 g/mol. The van der Waals surface area contributed by atoms with E-state index in [1.807, 2.05) is 42.6 Å². The van der Waals surface area contributed by atoms with E-state index >= 15 is 0 Å². The van der Waals surface area contributed by atoms with E-state index in [2.05, 4.69) is 10.1 Å². The lowest BCUT2D eigenvalue weighted by atomic mass is 10.1. The third kappa shape index (κ3) is 4.46. The molecule has 0 unspecified atom stereocenters. The number of nitrogens with zero attached hydrogens (tertiary/aromatic N) is 5. The summed E-state index contributed by atoms with van der Waals surface area (Å²) in [6, 6.07) is 20.2. The molecule has 0 radical (unpaired) electrons. The average Bonchev–Trinajstić information content (AvgIpc) is 3.60. The number of benzene rings is 3. The number of hydrogen-bond acceptors (Lipinski definition) is 6. The number of thiazole rings is 1. The fraction of sp³-hybridized carbons (Fsp3) is 0.0370. The Kier molecular flexibility index (Phi) is 6.41. The topological polar surface area (TPSA) is 74.3 Å². The second-order valence-corrected chi connectivity index (χ2v) is 10.5. The third-order valence-corrected chi connectivity index (χ3v) is 7.63. The van der Waals surface area contributed by atoms with Gasteiger partial charge in [-0.15, -0.1) is 5.10 Å². The molecule has 3 heterocycles. The predicted molar refractivity (Wildman–Crippen MR) is 152 cm³/mol. The first-order valence-corrected chi connectivity index (χ1v) is 13.2. The molecular formula is C27H16Cl3N5O2S. The Bertz CT molecular complexity index is 1930. The summed E-state index contributed by atoms with van der Waals surface area (Å²) >= 11 is 20.0. The van der Waals surface area contributed by atoms with Crippen molar-refractivity contribution in [1.29, 1.82) is 0 Å². The molecule has 0 amide bonds. The number of methoxy groups -OCH3 is 1. The van der Waals surface area contributed by atoms with E-state index in [-0.39, 0.29) is 5.56 Å². The molecule has 0 spiro atoms. The Morgan fingerprint density at radius 3 is 2.47 bits per heavy atom. The van der Waals surface area contributed by atoms with Crippen molar-refractivity contribution in [2.75, 3.05) is 7.11 Å². The van der Waals surface area contributed by atoms with Crippen LogP contribution in [0.2, 0.25) is 15.1 Å². The Morgan fingerprint density at radius 2 is 1.76 bits per heavy atom. The maximum atomic E-state index is 13.3. The number of rotatable bonds is 5. The highest BCUT2D eigenvalue weighted by molar-refractivity contribution is 7.15. The van der Waals surface area contributed by atoms with Gasteiger partial charge in [0.05, 0.1) is 27.4 Å². The minimum absolute atomic E-state index is 0.292. The van der Waals surface area contributed by atoms with Crippen LogP contribution in [0, 0.1) is 0 Å². The van der Waals surface area contributed by atoms with Crippen molar-refractivity contribution < 1.29 is 4.74 Å². The molecule has 38 heavy (non-hydrogen) atoms. The fourth-order valence-corrected chi connectivity index (χ4v) is 5.65. The van der Waals surface area contributed by atoms with Crippen molar-refractivity contribution in [1.82, 2.24) is 24.4 Å². The molecule has 0 aliphatic carbocycles. The summed E-state index contributed by atoms with van der Waals surface area (Å²) in [6.45, 7) is 0. The van der Waals surface area contributed by atoms with Gasteiger partial charge in [-0.1, -0.05) is 64.3 Å². The summed E-state index contributed by atoms with van der Waals surface area (Å²) in [5.41, 5.74) is 3.36. The Labute approximate surface area is 235 Å². The molecule has 0 saturated carbocycles. The minimum Gasteiger partial charge on any atom is -0.495 e. The first-order valence-electron chi connectivity index (χ1n) is 11.3. The molecule has 3 aromatic heterocycles. The SMILES string of the molecule is COc1ccc(-c2nn(-c3ccccc3)cc2/C=c2\sc3nc(-c4ccc(Cl)cc4Cl)nn3c2=O)cc1Cl. The molecule has 11 heteroatoms. The fourth-order valence-electron chi connectivity index (χ4n) is 4.00. The van der Waals surface area contributed by atoms with Crippen LogP contribution in [-0.2, 0) is 0 Å². The first-order chi connectivity index (χ1) is 18.4. The lowest BCUT2D eigenvalue weighted by Gasteiger charge is -2.05. The summed E-state index contributed by atoms with van der Waals surface area (Å²) in [5.74, 6) is 0.916. The van der Waals surface area contributed by atoms with E-state index in [1.54, 1.807) is 48.2 Å². The van der Waals surface area contributed by atoms with Gasteiger partial charge in [0, 0.05) is 27.9 Å². The molecule has 0 aliphatic rings. The number of halogens is 3. The highest BCUT2D eigenvalue weighted by Gasteiger charge is 2.17. The van der Waals surface area contributed by atoms with Crippen LogP contribution in [0.3, 0.4) is 0 Å². The summed E-state index contributed by atoms with van der Waals surface area (Å²) in [4.78, 5) is 18.3. The van der Waals surface area contributed by atoms with Gasteiger partial charge >= 0.3 is 0 Å². The van der Waals surface area contributed by atoms with Crippen LogP contribution < -0.4 is 14.8 Å². The third-order valence-electron chi connectivity index (χ3n) is 5.83. The van der Waals surface area contributed by atoms with Gasteiger partial charge in [0.15, 0.2) is 5.82 Å². The number of para-hydroxylation sites is 1. The number of hydrogen-bond donors (Lipinski definition) is 0. The zero-order chi connectivity index (χ0) is 26.4. The molecule has 6 rings (SSSR count). The second kappa shape index (κ2) is 9.89. The van der Waals surface area contributed by atoms with Crippen molar-refractivity contribution in [2.45, 2.75) is 0 Å². The lowest BCUT2D eigenvalue weighted by Crippen LogP contribution is -2.23. The Hall–Kier alpha value is -3.69. The van der Waals surface area contributed by atoms with Crippen molar-refractivity contribution in [3.63, 3.8) is 0 Å². The van der Waals surface area contributed by atoms with Gasteiger partial charge in [0.1, 0.15) is 11.4 Å². The molecule has 0 N–H and O–H groups in total. The molecule has 0 bridgehead atoms. The smallest absolute Gasteiger partial charge is 0.291 e. The van der Waals surface area contributed by atoms with Crippen LogP contribution in [0.15, 0.2) is 77.7 Å². The largest absolute Gasteiger partial charge is 0.495 e. The van der Waals surface area contributed by atoms with E-state index < -0.39 is 0 Å². The van der Waals surface area contributed by atoms with Crippen LogP contribution in [0.25, 0.3) is 39.4 Å². The van der Waals surface area contributed by atoms with Crippen molar-refractivity contribution in [2.24, 2.45) is 0 Å². The molecule has 0 saturated heterocycles. The normalized spacial score (nSPS) is 11.9. The maximum Gasteiger partial charge on any atom is 0.291 e. The Morgan fingerprint density at radius 1 is 0.947 bits per heavy atom. The molecule has 6 aromatic rings. The summed E-state index contributed by atoms with van der Waals surface area (Å²) in [6.07, 6.45) is 3.66. The number of aromatic nitrogens is 5. The molecule has 188 valence electrons. The molecular weight excluding hydrogens is 565 g/mol. The maximum absolute atomic E-state index is 13.3. The average molecular weight is 581 g/mol. The van der Waals surface area contributed by atoms with Gasteiger partial charge in [-0.2, -0.15) is 14.6 Å². The van der Waals surface area contributed by atoms with Crippen molar-refractivity contribution >= 4 is 57.2 Å². The highest BCUT2D eigenvalue weighted by atomic mass is 35.5. The molecule has 0 fully saturated rings. The number of fused-ring (bicyclic) bond motifs is 1. The van der Waals surface area contributed by atoms with E-state index in [0.29, 0.717) is 47.4 Å². The molecule has 3 aromatic carbocycles. The van der Waals surface area contributed by atoms with Crippen molar-refractivity contribution in [3.05, 3.63) is 108 Å². The van der Waals surface area contributed by atoms with E-state index in [1.165, 1.54) is 15.9 Å². The minimum atomic E-state index is -0.292. The molecule has 0 aliphatic heterocycles. The summed E-state index contributed by atoms with van der Waals surface area (Å²) in [7, 11) is 1.56. The summed E-state index contributed by atoms with van der Waals surface area (Å²) < 4.78 is 8.80. The van der Waals surface area contributed by atoms with Crippen LogP contribution >= 0.6 is 46.1 Å². The van der Waals surface area contributed by atoms with E-state index in [9.17, 15) is 4.79 Å². The van der Waals surface area contributed by atoms with Gasteiger partial charge in [0.2, 0.25) is 4.96 Å². The zero-order valence-electron chi connectivity index (χ0n) is 19.6. The predicted octanol–water partition coefficient (Wildman–Crippen LogP) is 6.19. The number of ether oxygens (including phenoxy) is 1. The van der Waals surface area contributed by atoms with Gasteiger partial charge in [-0.05, 0) is 54.6 Å². The summed E-state index contributed by atoms with van der Waals surface area (Å²) in [5, 5.41) is 10.6. The van der Waals surface area contributed by atoms with Gasteiger partial charge in [-0.3, -0.25) is 4.79 Å². The van der Waals surface area contributed by atoms with Gasteiger partial charge < -0.3 is 4.74 Å². The van der Waals surface area contributed by atoms with Gasteiger partial charge in [0.25, 0.3) is 5.56 Å². The van der Waals surface area contributed by atoms with E-state index in [0.717, 1.165) is 16.8 Å². The molecule has 0 atom stereocenters. The highest BCUT2D eigenvalue weighted by Crippen LogP contribution is 2.32. The standard InChI is InChI=1S/C27H16Cl3N5O2S/c1-37-22-10-7-15(11-21(22)30)24-16(14-34(32-24)18-5-3-2-4-6-18)12-23-26(36)35-27(38-23)31-25(33-35)19-9-8-17(28)13-20(19)29/h2-14H,1H3/b23-12-. The first kappa shape index (κ1) is 24.6. The van der Waals surface area contributed by atoms with Gasteiger partial charge in [-0.25, -0.2) is 4.68 Å². The second-order valence-electron chi connectivity index (χ2n) is 8.23. The van der Waals surface area contributed by atoms with Crippen LogP contribution in [0.4, 0.5) is 0 Å². The molecule has 7 nitrogen and oxygen atoms in total. The van der Waals surface area contributed by atoms with E-state index in [4.69, 9.17) is 44.6 Å². The zero-order valence-corrected chi connectivity index (χ0v) is 22.7. The van der Waals surface area contributed by atoms with Crippen LogP contribution in [-0.4, -0.2) is 31.5 Å². The van der Waals surface area contributed by atoms with Crippen LogP contribution in [0.1, 0.15) is 5.56 Å². The van der Waals surface area contributed by atoms with Crippen LogP contribution in [0.5, 0.6) is 5.75 Å². The quantitative estimate of drug-likeness (QED) is 0.243. The Balaban J connectivity index is 1.49. The lowest BCUT2D eigenvalue weighted by molar-refractivity contribution is 0.415.